The van der Waals surface area contributed by atoms with Crippen molar-refractivity contribution in [3.05, 3.63) is 0 Å². The van der Waals surface area contributed by atoms with E-state index in [1.807, 2.05) is 0 Å². The first kappa shape index (κ1) is 21.8. The lowest BCUT2D eigenvalue weighted by Gasteiger charge is -2.04. The van der Waals surface area contributed by atoms with Crippen LogP contribution in [0.15, 0.2) is 0 Å². The molecular weight excluding hydrogens is 324 g/mol. The quantitative estimate of drug-likeness (QED) is 0.439. The average Bonchev–Trinajstić information content (AvgIpc) is 2.36. The maximum absolute atomic E-state index is 10.8. The molecule has 22 heavy (non-hydrogen) atoms. The van der Waals surface area contributed by atoms with E-state index < -0.39 is 20.0 Å². The third-order valence-corrected chi connectivity index (χ3v) is 4.79. The van der Waals surface area contributed by atoms with Gasteiger partial charge in [0.15, 0.2) is 0 Å². The number of sulfonamides is 2. The van der Waals surface area contributed by atoms with E-state index >= 15 is 0 Å². The van der Waals surface area contributed by atoms with Crippen LogP contribution >= 0.6 is 0 Å². The zero-order chi connectivity index (χ0) is 16.9. The molecule has 6 nitrogen and oxygen atoms in total. The van der Waals surface area contributed by atoms with Gasteiger partial charge in [0.05, 0.1) is 12.5 Å². The average molecular weight is 357 g/mol. The van der Waals surface area contributed by atoms with Gasteiger partial charge in [-0.25, -0.2) is 26.3 Å². The molecule has 0 unspecified atom stereocenters. The third-order valence-electron chi connectivity index (χ3n) is 3.33. The fourth-order valence-electron chi connectivity index (χ4n) is 2.18. The highest BCUT2D eigenvalue weighted by atomic mass is 32.2. The molecule has 0 bridgehead atoms. The third kappa shape index (κ3) is 19.8. The van der Waals surface area contributed by atoms with Crippen LogP contribution in [0.5, 0.6) is 0 Å². The van der Waals surface area contributed by atoms with Gasteiger partial charge in [0.1, 0.15) is 0 Å². The molecule has 8 heteroatoms. The molecule has 0 amide bonds. The van der Waals surface area contributed by atoms with Crippen molar-refractivity contribution in [2.24, 2.45) is 0 Å². The minimum atomic E-state index is -3.03. The van der Waals surface area contributed by atoms with Crippen molar-refractivity contribution in [3.8, 4) is 0 Å². The Labute approximate surface area is 136 Å². The molecule has 0 heterocycles. The topological polar surface area (TPSA) is 92.3 Å². The van der Waals surface area contributed by atoms with Gasteiger partial charge in [0.2, 0.25) is 20.0 Å². The van der Waals surface area contributed by atoms with E-state index in [1.54, 1.807) is 0 Å². The maximum Gasteiger partial charge on any atom is 0.208 e. The first-order valence-corrected chi connectivity index (χ1v) is 11.9. The Morgan fingerprint density at radius 3 is 0.955 bits per heavy atom. The number of unbranched alkanes of at least 4 members (excludes halogenated alkanes) is 9. The molecule has 0 radical (unpaired) electrons. The van der Waals surface area contributed by atoms with Crippen LogP contribution in [0.4, 0.5) is 0 Å². The smallest absolute Gasteiger partial charge is 0.208 e. The van der Waals surface area contributed by atoms with Gasteiger partial charge in [-0.3, -0.25) is 0 Å². The van der Waals surface area contributed by atoms with Gasteiger partial charge >= 0.3 is 0 Å². The highest BCUT2D eigenvalue weighted by Crippen LogP contribution is 2.10. The Morgan fingerprint density at radius 1 is 0.500 bits per heavy atom. The molecule has 0 aliphatic carbocycles. The molecule has 0 saturated carbocycles. The van der Waals surface area contributed by atoms with E-state index in [1.165, 1.54) is 38.2 Å². The lowest BCUT2D eigenvalue weighted by molar-refractivity contribution is 0.542. The molecule has 0 aromatic heterocycles. The van der Waals surface area contributed by atoms with Gasteiger partial charge in [0, 0.05) is 13.1 Å². The Hall–Kier alpha value is -0.180. The van der Waals surface area contributed by atoms with E-state index in [-0.39, 0.29) is 0 Å². The zero-order valence-corrected chi connectivity index (χ0v) is 15.6. The number of hydrogen-bond acceptors (Lipinski definition) is 4. The van der Waals surface area contributed by atoms with E-state index in [0.717, 1.165) is 38.5 Å². The highest BCUT2D eigenvalue weighted by molar-refractivity contribution is 7.89. The maximum atomic E-state index is 10.8. The predicted molar refractivity (Wildman–Crippen MR) is 91.9 cm³/mol. The standard InChI is InChI=1S/C14H32N2O4S2/c1-21(17,18)15-13-11-9-7-5-3-4-6-8-10-12-14-16-22(2,19)20/h15-16H,3-14H2,1-2H3. The molecule has 0 saturated heterocycles. The van der Waals surface area contributed by atoms with E-state index in [0.29, 0.717) is 13.1 Å². The molecule has 0 spiro atoms. The summed E-state index contributed by atoms with van der Waals surface area (Å²) < 4.78 is 48.3. The van der Waals surface area contributed by atoms with Crippen molar-refractivity contribution < 1.29 is 16.8 Å². The van der Waals surface area contributed by atoms with E-state index in [4.69, 9.17) is 0 Å². The van der Waals surface area contributed by atoms with E-state index in [9.17, 15) is 16.8 Å². The van der Waals surface area contributed by atoms with Crippen molar-refractivity contribution in [1.29, 1.82) is 0 Å². The summed E-state index contributed by atoms with van der Waals surface area (Å²) >= 11 is 0. The molecule has 2 N–H and O–H groups in total. The number of rotatable bonds is 15. The van der Waals surface area contributed by atoms with Crippen molar-refractivity contribution in [2.45, 2.75) is 64.2 Å². The summed E-state index contributed by atoms with van der Waals surface area (Å²) in [6.07, 6.45) is 13.5. The summed E-state index contributed by atoms with van der Waals surface area (Å²) in [7, 11) is -6.07. The highest BCUT2D eigenvalue weighted by Gasteiger charge is 1.99. The van der Waals surface area contributed by atoms with Crippen LogP contribution in [0.2, 0.25) is 0 Å². The SMILES string of the molecule is CS(=O)(=O)NCCCCCCCCCCCCNS(C)(=O)=O. The van der Waals surface area contributed by atoms with Gasteiger partial charge in [-0.1, -0.05) is 51.4 Å². The van der Waals surface area contributed by atoms with Crippen molar-refractivity contribution >= 4 is 20.0 Å². The molecule has 0 rings (SSSR count). The minimum Gasteiger partial charge on any atom is -0.215 e. The monoisotopic (exact) mass is 356 g/mol. The fourth-order valence-corrected chi connectivity index (χ4v) is 3.21. The molecule has 0 aromatic rings. The van der Waals surface area contributed by atoms with Crippen LogP contribution in [0.25, 0.3) is 0 Å². The first-order valence-electron chi connectivity index (χ1n) is 8.10. The zero-order valence-electron chi connectivity index (χ0n) is 13.9. The summed E-state index contributed by atoms with van der Waals surface area (Å²) in [5.74, 6) is 0. The first-order chi connectivity index (χ1) is 10.2. The van der Waals surface area contributed by atoms with Gasteiger partial charge in [0.25, 0.3) is 0 Å². The molecule has 0 atom stereocenters. The van der Waals surface area contributed by atoms with Crippen LogP contribution in [0.3, 0.4) is 0 Å². The molecule has 0 fully saturated rings. The molecule has 134 valence electrons. The van der Waals surface area contributed by atoms with Gasteiger partial charge < -0.3 is 0 Å². The predicted octanol–water partition coefficient (Wildman–Crippen LogP) is 1.99. The normalized spacial score (nSPS) is 12.6. The molecular formula is C14H32N2O4S2. The van der Waals surface area contributed by atoms with E-state index in [2.05, 4.69) is 9.44 Å². The second kappa shape index (κ2) is 12.3. The molecule has 0 aliphatic rings. The largest absolute Gasteiger partial charge is 0.215 e. The second-order valence-electron chi connectivity index (χ2n) is 5.87. The molecule has 0 aliphatic heterocycles. The second-order valence-corrected chi connectivity index (χ2v) is 9.53. The Bertz CT molecular complexity index is 417. The van der Waals surface area contributed by atoms with Crippen molar-refractivity contribution in [3.63, 3.8) is 0 Å². The van der Waals surface area contributed by atoms with Crippen LogP contribution in [0.1, 0.15) is 64.2 Å². The van der Waals surface area contributed by atoms with Crippen LogP contribution in [0, 0.1) is 0 Å². The fraction of sp³-hybridized carbons (Fsp3) is 1.00. The van der Waals surface area contributed by atoms with Gasteiger partial charge in [-0.15, -0.1) is 0 Å². The number of hydrogen-bond donors (Lipinski definition) is 2. The summed E-state index contributed by atoms with van der Waals surface area (Å²) in [4.78, 5) is 0. The summed E-state index contributed by atoms with van der Waals surface area (Å²) in [6.45, 7) is 1.08. The summed E-state index contributed by atoms with van der Waals surface area (Å²) in [5.41, 5.74) is 0. The lowest BCUT2D eigenvalue weighted by Crippen LogP contribution is -2.22. The summed E-state index contributed by atoms with van der Waals surface area (Å²) in [6, 6.07) is 0. The van der Waals surface area contributed by atoms with Crippen LogP contribution in [-0.4, -0.2) is 42.4 Å². The Morgan fingerprint density at radius 2 is 0.727 bits per heavy atom. The Balaban J connectivity index is 3.15. The number of nitrogens with one attached hydrogen (secondary N) is 2. The summed E-state index contributed by atoms with van der Waals surface area (Å²) in [5, 5.41) is 0. The van der Waals surface area contributed by atoms with Gasteiger partial charge in [-0.05, 0) is 12.8 Å². The van der Waals surface area contributed by atoms with Crippen molar-refractivity contribution in [2.75, 3.05) is 25.6 Å². The van der Waals surface area contributed by atoms with Gasteiger partial charge in [-0.2, -0.15) is 0 Å². The molecule has 0 aromatic carbocycles. The van der Waals surface area contributed by atoms with Crippen molar-refractivity contribution in [1.82, 2.24) is 9.44 Å². The minimum absolute atomic E-state index is 0.542. The Kier molecular flexibility index (Phi) is 12.2. The lowest BCUT2D eigenvalue weighted by atomic mass is 10.1. The van der Waals surface area contributed by atoms with Crippen LogP contribution < -0.4 is 9.44 Å². The van der Waals surface area contributed by atoms with Crippen LogP contribution in [-0.2, 0) is 20.0 Å².